The SMILES string of the molecule is CCCCCCN(CCCCCC)[SH](=O)=O. The van der Waals surface area contributed by atoms with Gasteiger partial charge in [0.15, 0.2) is 0 Å². The van der Waals surface area contributed by atoms with Crippen LogP contribution in [-0.2, 0) is 10.9 Å². The van der Waals surface area contributed by atoms with Gasteiger partial charge in [-0.15, -0.1) is 0 Å². The van der Waals surface area contributed by atoms with E-state index in [4.69, 9.17) is 0 Å². The van der Waals surface area contributed by atoms with Crippen LogP contribution in [0.4, 0.5) is 0 Å². The lowest BCUT2D eigenvalue weighted by Gasteiger charge is -2.14. The molecule has 0 rings (SSSR count). The summed E-state index contributed by atoms with van der Waals surface area (Å²) in [5.74, 6) is 0. The average molecular weight is 249 g/mol. The van der Waals surface area contributed by atoms with Crippen molar-refractivity contribution in [3.8, 4) is 0 Å². The van der Waals surface area contributed by atoms with Crippen molar-refractivity contribution in [2.75, 3.05) is 13.1 Å². The number of rotatable bonds is 11. The summed E-state index contributed by atoms with van der Waals surface area (Å²) in [6.45, 7) is 5.75. The van der Waals surface area contributed by atoms with Crippen molar-refractivity contribution >= 4 is 10.9 Å². The van der Waals surface area contributed by atoms with Crippen molar-refractivity contribution in [1.29, 1.82) is 0 Å². The molecule has 0 saturated heterocycles. The molecule has 0 saturated carbocycles. The molecule has 4 heteroatoms. The molecule has 0 aliphatic heterocycles. The van der Waals surface area contributed by atoms with Gasteiger partial charge in [-0.1, -0.05) is 52.4 Å². The average Bonchev–Trinajstić information content (AvgIpc) is 2.26. The largest absolute Gasteiger partial charge is 0.215 e. The summed E-state index contributed by atoms with van der Waals surface area (Å²) < 4.78 is 23.6. The standard InChI is InChI=1S/C12H27NO2S/c1-3-5-7-9-11-13(16(14)15)12-10-8-6-4-2/h16H,3-12H2,1-2H3. The highest BCUT2D eigenvalue weighted by molar-refractivity contribution is 7.69. The first-order valence-electron chi connectivity index (χ1n) is 6.61. The van der Waals surface area contributed by atoms with E-state index < -0.39 is 10.9 Å². The fraction of sp³-hybridized carbons (Fsp3) is 1.00. The molecule has 0 atom stereocenters. The summed E-state index contributed by atoms with van der Waals surface area (Å²) in [5.41, 5.74) is 0. The third kappa shape index (κ3) is 9.16. The van der Waals surface area contributed by atoms with E-state index in [1.54, 1.807) is 4.31 Å². The smallest absolute Gasteiger partial charge is 0.203 e. The van der Waals surface area contributed by atoms with Gasteiger partial charge in [0, 0.05) is 13.1 Å². The van der Waals surface area contributed by atoms with Crippen molar-refractivity contribution in [2.45, 2.75) is 65.2 Å². The van der Waals surface area contributed by atoms with Gasteiger partial charge in [0.05, 0.1) is 0 Å². The van der Waals surface area contributed by atoms with Gasteiger partial charge in [-0.2, -0.15) is 0 Å². The molecule has 0 bridgehead atoms. The minimum Gasteiger partial charge on any atom is -0.215 e. The van der Waals surface area contributed by atoms with Crippen LogP contribution in [0.2, 0.25) is 0 Å². The summed E-state index contributed by atoms with van der Waals surface area (Å²) in [5, 5.41) is 0. The molecule has 0 aromatic heterocycles. The Kier molecular flexibility index (Phi) is 11.3. The van der Waals surface area contributed by atoms with E-state index in [0.29, 0.717) is 13.1 Å². The quantitative estimate of drug-likeness (QED) is 0.451. The number of hydrogen-bond acceptors (Lipinski definition) is 2. The molecule has 0 aliphatic carbocycles. The first kappa shape index (κ1) is 15.9. The van der Waals surface area contributed by atoms with Crippen LogP contribution in [0.1, 0.15) is 65.2 Å². The van der Waals surface area contributed by atoms with Gasteiger partial charge in [0.25, 0.3) is 0 Å². The molecule has 0 fully saturated rings. The Bertz CT molecular complexity index is 197. The maximum Gasteiger partial charge on any atom is 0.203 e. The van der Waals surface area contributed by atoms with Crippen LogP contribution in [0.5, 0.6) is 0 Å². The van der Waals surface area contributed by atoms with Gasteiger partial charge >= 0.3 is 0 Å². The summed E-state index contributed by atoms with van der Waals surface area (Å²) in [6, 6.07) is 0. The predicted molar refractivity (Wildman–Crippen MR) is 70.2 cm³/mol. The molecule has 0 aromatic rings. The molecule has 16 heavy (non-hydrogen) atoms. The molecule has 3 nitrogen and oxygen atoms in total. The second-order valence-corrected chi connectivity index (χ2v) is 5.35. The highest BCUT2D eigenvalue weighted by Crippen LogP contribution is 2.05. The lowest BCUT2D eigenvalue weighted by molar-refractivity contribution is 0.397. The van der Waals surface area contributed by atoms with Crippen LogP contribution in [0, 0.1) is 0 Å². The third-order valence-corrected chi connectivity index (χ3v) is 3.63. The van der Waals surface area contributed by atoms with Gasteiger partial charge in [-0.25, -0.2) is 12.7 Å². The fourth-order valence-corrected chi connectivity index (χ4v) is 2.33. The molecule has 0 unspecified atom stereocenters. The predicted octanol–water partition coefficient (Wildman–Crippen LogP) is 2.98. The van der Waals surface area contributed by atoms with Crippen LogP contribution in [0.15, 0.2) is 0 Å². The summed E-state index contributed by atoms with van der Waals surface area (Å²) >= 11 is 0. The molecule has 0 aromatic carbocycles. The zero-order chi connectivity index (χ0) is 12.2. The Labute approximate surface area is 102 Å². The first-order chi connectivity index (χ1) is 7.72. The highest BCUT2D eigenvalue weighted by atomic mass is 32.2. The normalized spacial score (nSPS) is 11.5. The van der Waals surface area contributed by atoms with Crippen molar-refractivity contribution in [3.63, 3.8) is 0 Å². The topological polar surface area (TPSA) is 37.4 Å². The second-order valence-electron chi connectivity index (χ2n) is 4.31. The van der Waals surface area contributed by atoms with E-state index in [1.807, 2.05) is 0 Å². The zero-order valence-electron chi connectivity index (χ0n) is 10.8. The van der Waals surface area contributed by atoms with Crippen molar-refractivity contribution < 1.29 is 8.42 Å². The number of unbranched alkanes of at least 4 members (excludes halogenated alkanes) is 6. The molecule has 0 N–H and O–H groups in total. The Morgan fingerprint density at radius 1 is 0.750 bits per heavy atom. The minimum atomic E-state index is -2.37. The van der Waals surface area contributed by atoms with Crippen LogP contribution >= 0.6 is 0 Å². The first-order valence-corrected chi connectivity index (χ1v) is 7.74. The zero-order valence-corrected chi connectivity index (χ0v) is 11.7. The van der Waals surface area contributed by atoms with E-state index in [2.05, 4.69) is 13.8 Å². The van der Waals surface area contributed by atoms with Crippen LogP contribution in [0.3, 0.4) is 0 Å². The van der Waals surface area contributed by atoms with Crippen LogP contribution in [0.25, 0.3) is 0 Å². The maximum absolute atomic E-state index is 11.0. The monoisotopic (exact) mass is 249 g/mol. The molecule has 98 valence electrons. The molecular formula is C12H27NO2S. The van der Waals surface area contributed by atoms with Gasteiger partial charge in [-0.3, -0.25) is 0 Å². The van der Waals surface area contributed by atoms with Gasteiger partial charge in [0.2, 0.25) is 10.9 Å². The molecule has 0 aliphatic rings. The number of nitrogens with zero attached hydrogens (tertiary/aromatic N) is 1. The van der Waals surface area contributed by atoms with E-state index in [0.717, 1.165) is 25.7 Å². The molecule has 0 radical (unpaired) electrons. The Morgan fingerprint density at radius 2 is 1.19 bits per heavy atom. The third-order valence-electron chi connectivity index (χ3n) is 2.77. The van der Waals surface area contributed by atoms with E-state index in [9.17, 15) is 8.42 Å². The van der Waals surface area contributed by atoms with Crippen LogP contribution in [-0.4, -0.2) is 25.8 Å². The number of hydrogen-bond donors (Lipinski definition) is 1. The summed E-state index contributed by atoms with van der Waals surface area (Å²) in [7, 11) is -2.37. The van der Waals surface area contributed by atoms with E-state index in [-0.39, 0.29) is 0 Å². The Balaban J connectivity index is 3.63. The van der Waals surface area contributed by atoms with Gasteiger partial charge in [-0.05, 0) is 12.8 Å². The molecule has 0 spiro atoms. The lowest BCUT2D eigenvalue weighted by atomic mass is 10.2. The van der Waals surface area contributed by atoms with Crippen molar-refractivity contribution in [1.82, 2.24) is 4.31 Å². The fourth-order valence-electron chi connectivity index (χ4n) is 1.72. The van der Waals surface area contributed by atoms with Crippen molar-refractivity contribution in [2.24, 2.45) is 0 Å². The van der Waals surface area contributed by atoms with E-state index in [1.165, 1.54) is 25.7 Å². The van der Waals surface area contributed by atoms with Crippen molar-refractivity contribution in [3.05, 3.63) is 0 Å². The highest BCUT2D eigenvalue weighted by Gasteiger charge is 2.05. The Hall–Kier alpha value is -0.0900. The Morgan fingerprint density at radius 3 is 1.50 bits per heavy atom. The number of thiol groups is 1. The van der Waals surface area contributed by atoms with Crippen LogP contribution < -0.4 is 0 Å². The summed E-state index contributed by atoms with van der Waals surface area (Å²) in [6.07, 6.45) is 9.10. The van der Waals surface area contributed by atoms with Gasteiger partial charge in [0.1, 0.15) is 0 Å². The molecule has 0 heterocycles. The van der Waals surface area contributed by atoms with E-state index >= 15 is 0 Å². The molecule has 0 amide bonds. The minimum absolute atomic E-state index is 0.713. The second kappa shape index (κ2) is 11.4. The molecular weight excluding hydrogens is 222 g/mol. The summed E-state index contributed by atoms with van der Waals surface area (Å²) in [4.78, 5) is 0. The maximum atomic E-state index is 11.0. The lowest BCUT2D eigenvalue weighted by Crippen LogP contribution is -2.24. The van der Waals surface area contributed by atoms with Gasteiger partial charge < -0.3 is 0 Å².